The molecule has 0 N–H and O–H groups in total. The number of fused-ring (bicyclic) bond motifs is 1. The summed E-state index contributed by atoms with van der Waals surface area (Å²) in [6.45, 7) is 15.8. The molecule has 156 valence electrons. The molecule has 0 fully saturated rings. The zero-order chi connectivity index (χ0) is 21.1. The van der Waals surface area contributed by atoms with Gasteiger partial charge in [0, 0.05) is 24.8 Å². The Kier molecular flexibility index (Phi) is 6.70. The molecule has 29 heavy (non-hydrogen) atoms. The third-order valence-electron chi connectivity index (χ3n) is 5.17. The van der Waals surface area contributed by atoms with E-state index in [-0.39, 0.29) is 11.9 Å². The molecule has 3 aromatic rings. The Bertz CT molecular complexity index is 986. The molecule has 0 saturated heterocycles. The maximum absolute atomic E-state index is 13.5. The first-order chi connectivity index (χ1) is 13.8. The summed E-state index contributed by atoms with van der Waals surface area (Å²) in [7, 11) is 0. The lowest BCUT2D eigenvalue weighted by Crippen LogP contribution is -2.39. The van der Waals surface area contributed by atoms with Gasteiger partial charge < -0.3 is 4.90 Å². The van der Waals surface area contributed by atoms with Crippen molar-refractivity contribution in [2.24, 2.45) is 0 Å². The number of amides is 1. The van der Waals surface area contributed by atoms with Crippen molar-refractivity contribution >= 4 is 32.6 Å². The maximum atomic E-state index is 13.5. The van der Waals surface area contributed by atoms with E-state index in [1.54, 1.807) is 16.2 Å². The molecule has 0 aliphatic carbocycles. The van der Waals surface area contributed by atoms with Crippen LogP contribution in [0.4, 0.5) is 5.13 Å². The minimum Gasteiger partial charge on any atom is -0.302 e. The highest BCUT2D eigenvalue weighted by Gasteiger charge is 2.25. The van der Waals surface area contributed by atoms with E-state index in [0.717, 1.165) is 40.7 Å². The Morgan fingerprint density at radius 1 is 1.14 bits per heavy atom. The first kappa shape index (κ1) is 21.5. The molecule has 0 aliphatic heterocycles. The molecule has 3 rings (SSSR count). The van der Waals surface area contributed by atoms with Gasteiger partial charge in [0.25, 0.3) is 5.91 Å². The van der Waals surface area contributed by atoms with Gasteiger partial charge >= 0.3 is 0 Å². The molecule has 6 nitrogen and oxygen atoms in total. The Morgan fingerprint density at radius 2 is 1.86 bits per heavy atom. The van der Waals surface area contributed by atoms with E-state index in [1.807, 2.05) is 23.7 Å². The van der Waals surface area contributed by atoms with Crippen molar-refractivity contribution in [1.82, 2.24) is 19.7 Å². The Labute approximate surface area is 177 Å². The van der Waals surface area contributed by atoms with Crippen LogP contribution in [0.3, 0.4) is 0 Å². The number of thiazole rings is 1. The van der Waals surface area contributed by atoms with Crippen molar-refractivity contribution in [3.63, 3.8) is 0 Å². The Morgan fingerprint density at radius 3 is 2.48 bits per heavy atom. The Hall–Kier alpha value is -2.25. The summed E-state index contributed by atoms with van der Waals surface area (Å²) < 4.78 is 3.00. The van der Waals surface area contributed by atoms with Gasteiger partial charge in [-0.2, -0.15) is 5.10 Å². The third-order valence-corrected chi connectivity index (χ3v) is 6.21. The highest BCUT2D eigenvalue weighted by atomic mass is 32.1. The van der Waals surface area contributed by atoms with E-state index < -0.39 is 0 Å². The zero-order valence-corrected chi connectivity index (χ0v) is 19.1. The molecule has 0 saturated carbocycles. The third kappa shape index (κ3) is 4.67. The number of hydrogen-bond donors (Lipinski definition) is 0. The van der Waals surface area contributed by atoms with Crippen LogP contribution >= 0.6 is 11.3 Å². The van der Waals surface area contributed by atoms with Crippen molar-refractivity contribution in [1.29, 1.82) is 0 Å². The van der Waals surface area contributed by atoms with Gasteiger partial charge in [-0.15, -0.1) is 0 Å². The molecular weight excluding hydrogens is 382 g/mol. The normalized spacial score (nSPS) is 11.7. The molecule has 0 aliphatic rings. The van der Waals surface area contributed by atoms with E-state index in [0.29, 0.717) is 12.2 Å². The first-order valence-electron chi connectivity index (χ1n) is 10.3. The summed E-state index contributed by atoms with van der Waals surface area (Å²) in [5.41, 5.74) is 3.60. The number of anilines is 1. The van der Waals surface area contributed by atoms with E-state index in [1.165, 1.54) is 5.56 Å². The average molecular weight is 414 g/mol. The van der Waals surface area contributed by atoms with Crippen LogP contribution in [0.15, 0.2) is 24.3 Å². The zero-order valence-electron chi connectivity index (χ0n) is 18.3. The SMILES string of the molecule is CCN(CC)CCN(C(=O)c1cc(C)n(C(C)C)n1)c1nc2ccc(C)cc2s1. The van der Waals surface area contributed by atoms with Gasteiger partial charge in [0.2, 0.25) is 0 Å². The van der Waals surface area contributed by atoms with E-state index in [9.17, 15) is 4.79 Å². The summed E-state index contributed by atoms with van der Waals surface area (Å²) in [5.74, 6) is -0.0876. The van der Waals surface area contributed by atoms with Crippen LogP contribution in [-0.2, 0) is 0 Å². The lowest BCUT2D eigenvalue weighted by molar-refractivity contribution is 0.0978. The fourth-order valence-electron chi connectivity index (χ4n) is 3.45. The van der Waals surface area contributed by atoms with Gasteiger partial charge in [-0.3, -0.25) is 14.4 Å². The molecule has 0 atom stereocenters. The quantitative estimate of drug-likeness (QED) is 0.538. The number of benzene rings is 1. The van der Waals surface area contributed by atoms with Crippen molar-refractivity contribution in [2.45, 2.75) is 47.6 Å². The molecule has 0 unspecified atom stereocenters. The number of rotatable bonds is 8. The molecule has 7 heteroatoms. The number of aromatic nitrogens is 3. The fourth-order valence-corrected chi connectivity index (χ4v) is 4.54. The van der Waals surface area contributed by atoms with Crippen LogP contribution in [0.25, 0.3) is 10.2 Å². The highest BCUT2D eigenvalue weighted by Crippen LogP contribution is 2.30. The maximum Gasteiger partial charge on any atom is 0.280 e. The van der Waals surface area contributed by atoms with E-state index in [2.05, 4.69) is 56.8 Å². The number of carbonyl (C=O) groups is 1. The second-order valence-corrected chi connectivity index (χ2v) is 8.67. The van der Waals surface area contributed by atoms with Crippen molar-refractivity contribution in [2.75, 3.05) is 31.1 Å². The summed E-state index contributed by atoms with van der Waals surface area (Å²) in [6.07, 6.45) is 0. The summed E-state index contributed by atoms with van der Waals surface area (Å²) in [6, 6.07) is 8.30. The molecule has 1 aromatic carbocycles. The Balaban J connectivity index is 1.97. The fraction of sp³-hybridized carbons (Fsp3) is 0.500. The van der Waals surface area contributed by atoms with Crippen LogP contribution in [0.1, 0.15) is 55.5 Å². The second kappa shape index (κ2) is 9.05. The standard InChI is InChI=1S/C22H31N5OS/c1-7-25(8-2)11-12-26(21(28)19-14-17(6)27(24-19)15(3)4)22-23-18-10-9-16(5)13-20(18)29-22/h9-10,13-15H,7-8,11-12H2,1-6H3. The van der Waals surface area contributed by atoms with Crippen LogP contribution < -0.4 is 4.90 Å². The van der Waals surface area contributed by atoms with E-state index in [4.69, 9.17) is 4.98 Å². The molecule has 0 radical (unpaired) electrons. The minimum absolute atomic E-state index is 0.0876. The summed E-state index contributed by atoms with van der Waals surface area (Å²) >= 11 is 1.57. The van der Waals surface area contributed by atoms with Gasteiger partial charge in [0.1, 0.15) is 0 Å². The van der Waals surface area contributed by atoms with Crippen molar-refractivity contribution in [3.8, 4) is 0 Å². The molecule has 2 heterocycles. The van der Waals surface area contributed by atoms with Gasteiger partial charge in [-0.05, 0) is 64.5 Å². The van der Waals surface area contributed by atoms with Crippen molar-refractivity contribution < 1.29 is 4.79 Å². The molecule has 0 bridgehead atoms. The van der Waals surface area contributed by atoms with E-state index >= 15 is 0 Å². The lowest BCUT2D eigenvalue weighted by Gasteiger charge is -2.24. The minimum atomic E-state index is -0.0876. The van der Waals surface area contributed by atoms with Crippen LogP contribution in [0.2, 0.25) is 0 Å². The number of carbonyl (C=O) groups excluding carboxylic acids is 1. The molecule has 2 aromatic heterocycles. The smallest absolute Gasteiger partial charge is 0.280 e. The predicted molar refractivity (Wildman–Crippen MR) is 121 cm³/mol. The van der Waals surface area contributed by atoms with Crippen molar-refractivity contribution in [3.05, 3.63) is 41.2 Å². The topological polar surface area (TPSA) is 54.3 Å². The second-order valence-electron chi connectivity index (χ2n) is 7.66. The number of nitrogens with zero attached hydrogens (tertiary/aromatic N) is 5. The monoisotopic (exact) mass is 413 g/mol. The molecule has 0 spiro atoms. The number of hydrogen-bond acceptors (Lipinski definition) is 5. The highest BCUT2D eigenvalue weighted by molar-refractivity contribution is 7.22. The number of likely N-dealkylation sites (N-methyl/N-ethyl adjacent to an activating group) is 1. The first-order valence-corrected chi connectivity index (χ1v) is 11.1. The number of aryl methyl sites for hydroxylation is 2. The van der Waals surface area contributed by atoms with Gasteiger partial charge in [0.05, 0.1) is 10.2 Å². The van der Waals surface area contributed by atoms with Crippen LogP contribution in [-0.4, -0.2) is 51.8 Å². The molecular formula is C22H31N5OS. The van der Waals surface area contributed by atoms with Crippen LogP contribution in [0, 0.1) is 13.8 Å². The summed E-state index contributed by atoms with van der Waals surface area (Å²) in [5, 5.41) is 5.32. The van der Waals surface area contributed by atoms with Gasteiger partial charge in [0.15, 0.2) is 10.8 Å². The predicted octanol–water partition coefficient (Wildman–Crippen LogP) is 4.68. The van der Waals surface area contributed by atoms with Gasteiger partial charge in [-0.1, -0.05) is 31.3 Å². The largest absolute Gasteiger partial charge is 0.302 e. The van der Waals surface area contributed by atoms with Gasteiger partial charge in [-0.25, -0.2) is 4.98 Å². The summed E-state index contributed by atoms with van der Waals surface area (Å²) in [4.78, 5) is 22.3. The van der Waals surface area contributed by atoms with Crippen LogP contribution in [0.5, 0.6) is 0 Å². The molecule has 1 amide bonds. The lowest BCUT2D eigenvalue weighted by atomic mass is 10.2. The average Bonchev–Trinajstić information content (AvgIpc) is 3.28.